The zero-order valence-corrected chi connectivity index (χ0v) is 14.5. The molecular weight excluding hydrogens is 336 g/mol. The molecule has 0 atom stereocenters. The summed E-state index contributed by atoms with van der Waals surface area (Å²) in [4.78, 5) is 22.7. The largest absolute Gasteiger partial charge is 0.466 e. The van der Waals surface area contributed by atoms with E-state index >= 15 is 0 Å². The highest BCUT2D eigenvalue weighted by molar-refractivity contribution is 7.71. The molecule has 2 heterocycles. The molecule has 0 radical (unpaired) electrons. The van der Waals surface area contributed by atoms with Gasteiger partial charge < -0.3 is 14.3 Å². The summed E-state index contributed by atoms with van der Waals surface area (Å²) in [5, 5.41) is 0. The third-order valence-corrected chi connectivity index (χ3v) is 4.13. The van der Waals surface area contributed by atoms with Crippen molar-refractivity contribution in [3.63, 3.8) is 0 Å². The molecule has 1 aromatic carbocycles. The van der Waals surface area contributed by atoms with Crippen molar-refractivity contribution in [1.82, 2.24) is 14.5 Å². The molecule has 0 unspecified atom stereocenters. The predicted octanol–water partition coefficient (Wildman–Crippen LogP) is 4.26. The van der Waals surface area contributed by atoms with Crippen LogP contribution in [0.2, 0.25) is 0 Å². The van der Waals surface area contributed by atoms with Gasteiger partial charge >= 0.3 is 5.97 Å². The van der Waals surface area contributed by atoms with E-state index in [0.717, 1.165) is 11.3 Å². The molecule has 7 heteroatoms. The standard InChI is InChI=1S/C18H16N4O2S/c1-3-24-13(23)9-10-22-16(12-7-5-4-6-8-12)14(19-2)15-17(22)18(25)21-11-20-15/h4-8,11H,3,9-10H2,1H3,(H,20,21,25). The lowest BCUT2D eigenvalue weighted by molar-refractivity contribution is -0.143. The molecule has 0 fully saturated rings. The topological polar surface area (TPSA) is 64.3 Å². The van der Waals surface area contributed by atoms with Crippen LogP contribution in [0.5, 0.6) is 0 Å². The van der Waals surface area contributed by atoms with Crippen LogP contribution in [-0.2, 0) is 16.1 Å². The second kappa shape index (κ2) is 7.28. The molecule has 2 aromatic heterocycles. The average Bonchev–Trinajstić information content (AvgIpc) is 2.95. The molecule has 0 spiro atoms. The minimum Gasteiger partial charge on any atom is -0.466 e. The lowest BCUT2D eigenvalue weighted by Gasteiger charge is -2.11. The SMILES string of the molecule is [C-]#[N+]c1c(-c2ccccc2)n(CCC(=O)OCC)c2c(=S)nc[nH]c12. The molecule has 6 nitrogen and oxygen atoms in total. The van der Waals surface area contributed by atoms with E-state index < -0.39 is 0 Å². The zero-order chi connectivity index (χ0) is 17.8. The van der Waals surface area contributed by atoms with Gasteiger partial charge in [0.05, 0.1) is 42.7 Å². The van der Waals surface area contributed by atoms with Crippen LogP contribution >= 0.6 is 12.2 Å². The highest BCUT2D eigenvalue weighted by Gasteiger charge is 2.21. The van der Waals surface area contributed by atoms with E-state index in [0.29, 0.717) is 34.5 Å². The minimum absolute atomic E-state index is 0.193. The van der Waals surface area contributed by atoms with E-state index in [1.54, 1.807) is 6.92 Å². The van der Waals surface area contributed by atoms with Crippen molar-refractivity contribution >= 4 is 34.9 Å². The molecule has 0 saturated heterocycles. The third kappa shape index (κ3) is 3.16. The number of nitrogens with one attached hydrogen (secondary N) is 1. The van der Waals surface area contributed by atoms with Gasteiger partial charge in [-0.25, -0.2) is 9.83 Å². The van der Waals surface area contributed by atoms with Crippen molar-refractivity contribution in [3.8, 4) is 11.3 Å². The maximum atomic E-state index is 11.8. The summed E-state index contributed by atoms with van der Waals surface area (Å²) in [6.07, 6.45) is 1.68. The monoisotopic (exact) mass is 352 g/mol. The summed E-state index contributed by atoms with van der Waals surface area (Å²) in [7, 11) is 0. The van der Waals surface area contributed by atoms with Crippen LogP contribution in [0.15, 0.2) is 36.7 Å². The highest BCUT2D eigenvalue weighted by atomic mass is 32.1. The number of carbonyl (C=O) groups is 1. The average molecular weight is 352 g/mol. The van der Waals surface area contributed by atoms with Crippen LogP contribution < -0.4 is 0 Å². The number of aromatic nitrogens is 3. The fraction of sp³-hybridized carbons (Fsp3) is 0.222. The minimum atomic E-state index is -0.286. The lowest BCUT2D eigenvalue weighted by atomic mass is 10.1. The number of aromatic amines is 1. The number of carbonyl (C=O) groups excluding carboxylic acids is 1. The van der Waals surface area contributed by atoms with E-state index in [1.165, 1.54) is 6.33 Å². The first kappa shape index (κ1) is 16.9. The van der Waals surface area contributed by atoms with Gasteiger partial charge in [0.1, 0.15) is 0 Å². The third-order valence-electron chi connectivity index (χ3n) is 3.83. The van der Waals surface area contributed by atoms with E-state index in [-0.39, 0.29) is 12.4 Å². The van der Waals surface area contributed by atoms with Crippen molar-refractivity contribution in [2.75, 3.05) is 6.61 Å². The van der Waals surface area contributed by atoms with Crippen LogP contribution in [-0.4, -0.2) is 27.1 Å². The van der Waals surface area contributed by atoms with Crippen molar-refractivity contribution in [2.45, 2.75) is 19.9 Å². The normalized spacial score (nSPS) is 10.6. The Hall–Kier alpha value is -2.98. The first-order valence-corrected chi connectivity index (χ1v) is 8.26. The van der Waals surface area contributed by atoms with E-state index in [9.17, 15) is 4.79 Å². The van der Waals surface area contributed by atoms with Gasteiger partial charge in [-0.1, -0.05) is 42.5 Å². The van der Waals surface area contributed by atoms with Crippen molar-refractivity contribution in [2.24, 2.45) is 0 Å². The fourth-order valence-electron chi connectivity index (χ4n) is 2.84. The molecule has 0 aliphatic heterocycles. The van der Waals surface area contributed by atoms with Gasteiger partial charge in [-0.3, -0.25) is 4.79 Å². The number of hydrogen-bond donors (Lipinski definition) is 1. The number of benzene rings is 1. The number of hydrogen-bond acceptors (Lipinski definition) is 4. The van der Waals surface area contributed by atoms with Crippen LogP contribution in [0.3, 0.4) is 0 Å². The Labute approximate surface area is 149 Å². The number of H-pyrrole nitrogens is 1. The first-order chi connectivity index (χ1) is 12.2. The number of ether oxygens (including phenoxy) is 1. The van der Waals surface area contributed by atoms with Crippen molar-refractivity contribution in [3.05, 3.63) is 52.7 Å². The molecule has 0 bridgehead atoms. The summed E-state index contributed by atoms with van der Waals surface area (Å²) in [5.41, 5.74) is 3.38. The van der Waals surface area contributed by atoms with E-state index in [1.807, 2.05) is 34.9 Å². The van der Waals surface area contributed by atoms with Gasteiger partial charge in [0.15, 0.2) is 4.64 Å². The Kier molecular flexibility index (Phi) is 4.91. The second-order valence-corrected chi connectivity index (χ2v) is 5.70. The van der Waals surface area contributed by atoms with Crippen LogP contribution in [0.1, 0.15) is 13.3 Å². The molecule has 0 amide bonds. The Morgan fingerprint density at radius 2 is 2.16 bits per heavy atom. The Bertz CT molecular complexity index is 1020. The number of fused-ring (bicyclic) bond motifs is 1. The fourth-order valence-corrected chi connectivity index (χ4v) is 3.10. The van der Waals surface area contributed by atoms with Gasteiger partial charge in [-0.15, -0.1) is 0 Å². The summed E-state index contributed by atoms with van der Waals surface area (Å²) in [6.45, 7) is 10.1. The summed E-state index contributed by atoms with van der Waals surface area (Å²) >= 11 is 5.37. The Morgan fingerprint density at radius 1 is 1.40 bits per heavy atom. The number of aryl methyl sites for hydroxylation is 1. The number of rotatable bonds is 5. The highest BCUT2D eigenvalue weighted by Crippen LogP contribution is 2.39. The summed E-state index contributed by atoms with van der Waals surface area (Å²) < 4.78 is 7.31. The lowest BCUT2D eigenvalue weighted by Crippen LogP contribution is -2.10. The number of esters is 1. The molecule has 3 rings (SSSR count). The van der Waals surface area contributed by atoms with E-state index in [2.05, 4.69) is 14.8 Å². The summed E-state index contributed by atoms with van der Waals surface area (Å²) in [6, 6.07) is 9.60. The molecule has 1 N–H and O–H groups in total. The second-order valence-electron chi connectivity index (χ2n) is 5.31. The van der Waals surface area contributed by atoms with Gasteiger partial charge in [0, 0.05) is 6.54 Å². The quantitative estimate of drug-likeness (QED) is 0.423. The molecule has 3 aromatic rings. The van der Waals surface area contributed by atoms with Gasteiger partial charge in [-0.2, -0.15) is 0 Å². The van der Waals surface area contributed by atoms with Gasteiger partial charge in [0.25, 0.3) is 0 Å². The van der Waals surface area contributed by atoms with Crippen molar-refractivity contribution in [1.29, 1.82) is 0 Å². The van der Waals surface area contributed by atoms with Crippen molar-refractivity contribution < 1.29 is 9.53 Å². The molecular formula is C18H16N4O2S. The van der Waals surface area contributed by atoms with Gasteiger partial charge in [-0.05, 0) is 12.5 Å². The van der Waals surface area contributed by atoms with E-state index in [4.69, 9.17) is 23.5 Å². The van der Waals surface area contributed by atoms with Gasteiger partial charge in [0.2, 0.25) is 5.69 Å². The maximum Gasteiger partial charge on any atom is 0.307 e. The molecule has 126 valence electrons. The number of nitrogens with zero attached hydrogens (tertiary/aromatic N) is 3. The molecule has 0 saturated carbocycles. The smallest absolute Gasteiger partial charge is 0.307 e. The zero-order valence-electron chi connectivity index (χ0n) is 13.7. The maximum absolute atomic E-state index is 11.8. The molecule has 0 aliphatic rings. The molecule has 0 aliphatic carbocycles. The first-order valence-electron chi connectivity index (χ1n) is 7.85. The predicted molar refractivity (Wildman–Crippen MR) is 97.9 cm³/mol. The molecule has 25 heavy (non-hydrogen) atoms. The Balaban J connectivity index is 2.23. The van der Waals surface area contributed by atoms with Crippen LogP contribution in [0.4, 0.5) is 5.69 Å². The van der Waals surface area contributed by atoms with Crippen LogP contribution in [0.25, 0.3) is 27.1 Å². The summed E-state index contributed by atoms with van der Waals surface area (Å²) in [5.74, 6) is -0.286. The van der Waals surface area contributed by atoms with Crippen LogP contribution in [0, 0.1) is 11.2 Å². The Morgan fingerprint density at radius 3 is 2.84 bits per heavy atom.